The van der Waals surface area contributed by atoms with E-state index in [-0.39, 0.29) is 23.5 Å². The van der Waals surface area contributed by atoms with Crippen molar-refractivity contribution in [2.75, 3.05) is 32.4 Å². The molecule has 1 aromatic carbocycles. The summed E-state index contributed by atoms with van der Waals surface area (Å²) in [5.41, 5.74) is 0.341. The van der Waals surface area contributed by atoms with E-state index in [9.17, 15) is 17.6 Å². The van der Waals surface area contributed by atoms with Crippen molar-refractivity contribution in [1.29, 1.82) is 0 Å². The fourth-order valence-corrected chi connectivity index (χ4v) is 4.13. The zero-order valence-corrected chi connectivity index (χ0v) is 15.2. The molecule has 0 aromatic heterocycles. The molecular weight excluding hydrogens is 345 g/mol. The molecule has 138 valence electrons. The fraction of sp³-hybridized carbons (Fsp3) is 0.588. The third-order valence-corrected chi connectivity index (χ3v) is 6.02. The molecule has 0 atom stereocenters. The first-order valence-electron chi connectivity index (χ1n) is 8.61. The monoisotopic (exact) mass is 369 g/mol. The average Bonchev–Trinajstić information content (AvgIpc) is 2.58. The predicted octanol–water partition coefficient (Wildman–Crippen LogP) is 1.61. The van der Waals surface area contributed by atoms with Crippen LogP contribution in [0, 0.1) is 5.82 Å². The quantitative estimate of drug-likeness (QED) is 0.875. The normalized spacial score (nSPS) is 20.2. The van der Waals surface area contributed by atoms with Crippen molar-refractivity contribution >= 4 is 15.9 Å². The second kappa shape index (κ2) is 7.29. The lowest BCUT2D eigenvalue weighted by Gasteiger charge is -2.41. The van der Waals surface area contributed by atoms with Gasteiger partial charge in [-0.25, -0.2) is 17.6 Å². The van der Waals surface area contributed by atoms with Gasteiger partial charge in [-0.15, -0.1) is 0 Å². The van der Waals surface area contributed by atoms with E-state index in [0.717, 1.165) is 51.2 Å². The minimum atomic E-state index is -3.44. The fourth-order valence-electron chi connectivity index (χ4n) is 3.50. The van der Waals surface area contributed by atoms with Gasteiger partial charge >= 0.3 is 6.03 Å². The molecule has 0 spiro atoms. The highest BCUT2D eigenvalue weighted by Crippen LogP contribution is 2.22. The van der Waals surface area contributed by atoms with Crippen LogP contribution in [0.25, 0.3) is 0 Å². The number of sulfone groups is 1. The van der Waals surface area contributed by atoms with Gasteiger partial charge in [-0.2, -0.15) is 0 Å². The van der Waals surface area contributed by atoms with Gasteiger partial charge in [-0.3, -0.25) is 0 Å². The molecule has 2 heterocycles. The second-order valence-electron chi connectivity index (χ2n) is 6.76. The predicted molar refractivity (Wildman–Crippen MR) is 92.5 cm³/mol. The Morgan fingerprint density at radius 3 is 2.60 bits per heavy atom. The largest absolute Gasteiger partial charge is 0.321 e. The summed E-state index contributed by atoms with van der Waals surface area (Å²) in [5.74, 6) is -0.588. The maximum atomic E-state index is 14.3. The molecule has 3 rings (SSSR count). The second-order valence-corrected chi connectivity index (χ2v) is 8.77. The Bertz CT molecular complexity index is 748. The minimum Gasteiger partial charge on any atom is -0.321 e. The highest BCUT2D eigenvalue weighted by molar-refractivity contribution is 7.90. The smallest absolute Gasteiger partial charge is 0.320 e. The highest BCUT2D eigenvalue weighted by atomic mass is 32.2. The van der Waals surface area contributed by atoms with Crippen molar-refractivity contribution < 1.29 is 17.6 Å². The summed E-state index contributed by atoms with van der Waals surface area (Å²) in [4.78, 5) is 16.3. The molecule has 1 N–H and O–H groups in total. The lowest BCUT2D eigenvalue weighted by molar-refractivity contribution is 0.0949. The SMILES string of the molecule is CS(=O)(=O)c1ccc(CN2CCCN(C3CCNCC3)C2=O)c(F)c1. The van der Waals surface area contributed by atoms with Gasteiger partial charge in [-0.05, 0) is 44.5 Å². The van der Waals surface area contributed by atoms with Crippen LogP contribution in [0.2, 0.25) is 0 Å². The number of urea groups is 1. The van der Waals surface area contributed by atoms with E-state index >= 15 is 0 Å². The molecular formula is C17H24FN3O3S. The molecule has 0 aliphatic carbocycles. The number of piperidine rings is 1. The van der Waals surface area contributed by atoms with Crippen LogP contribution in [-0.2, 0) is 16.4 Å². The zero-order chi connectivity index (χ0) is 18.0. The standard InChI is InChI=1S/C17H24FN3O3S/c1-25(23,24)15-4-3-13(16(18)11-15)12-20-9-2-10-21(17(20)22)14-5-7-19-8-6-14/h3-4,11,14,19H,2,5-10,12H2,1H3. The van der Waals surface area contributed by atoms with E-state index in [1.165, 1.54) is 12.1 Å². The molecule has 25 heavy (non-hydrogen) atoms. The Balaban J connectivity index is 1.72. The number of carbonyl (C=O) groups excluding carboxylic acids is 1. The van der Waals surface area contributed by atoms with Crippen LogP contribution in [0.4, 0.5) is 9.18 Å². The maximum Gasteiger partial charge on any atom is 0.320 e. The number of hydrogen-bond acceptors (Lipinski definition) is 4. The molecule has 2 amide bonds. The van der Waals surface area contributed by atoms with Crippen molar-refractivity contribution in [3.05, 3.63) is 29.6 Å². The van der Waals surface area contributed by atoms with Crippen LogP contribution in [0.5, 0.6) is 0 Å². The molecule has 8 heteroatoms. The van der Waals surface area contributed by atoms with Crippen LogP contribution in [0.15, 0.2) is 23.1 Å². The first kappa shape index (κ1) is 18.1. The Hall–Kier alpha value is -1.67. The number of nitrogens with zero attached hydrogens (tertiary/aromatic N) is 2. The number of amides is 2. The summed E-state index contributed by atoms with van der Waals surface area (Å²) in [7, 11) is -3.44. The zero-order valence-electron chi connectivity index (χ0n) is 14.4. The van der Waals surface area contributed by atoms with Crippen molar-refractivity contribution in [3.63, 3.8) is 0 Å². The number of benzene rings is 1. The van der Waals surface area contributed by atoms with E-state index in [1.807, 2.05) is 4.90 Å². The molecule has 0 saturated carbocycles. The average molecular weight is 369 g/mol. The Kier molecular flexibility index (Phi) is 5.29. The van der Waals surface area contributed by atoms with Gasteiger partial charge < -0.3 is 15.1 Å². The van der Waals surface area contributed by atoms with Gasteiger partial charge in [0.1, 0.15) is 5.82 Å². The molecule has 2 fully saturated rings. The first-order chi connectivity index (χ1) is 11.9. The Morgan fingerprint density at radius 2 is 1.96 bits per heavy atom. The number of nitrogens with one attached hydrogen (secondary N) is 1. The lowest BCUT2D eigenvalue weighted by Crippen LogP contribution is -2.55. The molecule has 0 bridgehead atoms. The number of halogens is 1. The summed E-state index contributed by atoms with van der Waals surface area (Å²) in [6.45, 7) is 3.32. The molecule has 2 saturated heterocycles. The topological polar surface area (TPSA) is 69.7 Å². The maximum absolute atomic E-state index is 14.3. The van der Waals surface area contributed by atoms with Crippen LogP contribution >= 0.6 is 0 Å². The first-order valence-corrected chi connectivity index (χ1v) is 10.5. The summed E-state index contributed by atoms with van der Waals surface area (Å²) in [6, 6.07) is 4.08. The van der Waals surface area contributed by atoms with E-state index in [4.69, 9.17) is 0 Å². The molecule has 6 nitrogen and oxygen atoms in total. The van der Waals surface area contributed by atoms with Crippen molar-refractivity contribution in [2.24, 2.45) is 0 Å². The summed E-state index contributed by atoms with van der Waals surface area (Å²) in [6.07, 6.45) is 3.79. The van der Waals surface area contributed by atoms with E-state index < -0.39 is 15.7 Å². The Morgan fingerprint density at radius 1 is 1.24 bits per heavy atom. The van der Waals surface area contributed by atoms with Gasteiger partial charge in [0.25, 0.3) is 0 Å². The lowest BCUT2D eigenvalue weighted by atomic mass is 10.0. The van der Waals surface area contributed by atoms with Crippen LogP contribution < -0.4 is 5.32 Å². The van der Waals surface area contributed by atoms with E-state index in [1.54, 1.807) is 4.90 Å². The summed E-state index contributed by atoms with van der Waals surface area (Å²) < 4.78 is 37.3. The van der Waals surface area contributed by atoms with Crippen molar-refractivity contribution in [1.82, 2.24) is 15.1 Å². The van der Waals surface area contributed by atoms with Gasteiger partial charge in [0.2, 0.25) is 0 Å². The molecule has 0 unspecified atom stereocenters. The minimum absolute atomic E-state index is 0.0462. The van der Waals surface area contributed by atoms with Gasteiger partial charge in [0.05, 0.1) is 11.4 Å². The number of rotatable bonds is 4. The molecule has 2 aliphatic heterocycles. The third-order valence-electron chi connectivity index (χ3n) is 4.91. The van der Waals surface area contributed by atoms with Crippen molar-refractivity contribution in [2.45, 2.75) is 36.7 Å². The Labute approximate surface area is 147 Å². The van der Waals surface area contributed by atoms with Crippen LogP contribution in [0.1, 0.15) is 24.8 Å². The highest BCUT2D eigenvalue weighted by Gasteiger charge is 2.32. The third kappa shape index (κ3) is 4.12. The number of hydrogen-bond donors (Lipinski definition) is 1. The summed E-state index contributed by atoms with van der Waals surface area (Å²) in [5, 5.41) is 3.29. The molecule has 0 radical (unpaired) electrons. The molecule has 2 aliphatic rings. The molecule has 1 aromatic rings. The van der Waals surface area contributed by atoms with Crippen LogP contribution in [0.3, 0.4) is 0 Å². The van der Waals surface area contributed by atoms with E-state index in [2.05, 4.69) is 5.32 Å². The van der Waals surface area contributed by atoms with Crippen LogP contribution in [-0.4, -0.2) is 62.7 Å². The van der Waals surface area contributed by atoms with E-state index in [0.29, 0.717) is 12.1 Å². The summed E-state index contributed by atoms with van der Waals surface area (Å²) >= 11 is 0. The van der Waals surface area contributed by atoms with Gasteiger partial charge in [-0.1, -0.05) is 6.07 Å². The number of carbonyl (C=O) groups is 1. The van der Waals surface area contributed by atoms with Crippen molar-refractivity contribution in [3.8, 4) is 0 Å². The van der Waals surface area contributed by atoms with Gasteiger partial charge in [0, 0.05) is 31.0 Å². The van der Waals surface area contributed by atoms with Gasteiger partial charge in [0.15, 0.2) is 9.84 Å².